The standard InChI is InChI=1S/C20H18F6N2O5S/c1-10(19(21,22)23)33-15-4-3-12(34(2,30)31)5-13(15)17(29)28-7-11-6-18(11,9-28)16-14(8-32-27-16)20(24,25)26/h3-5,8,10-11H,6-7,9H2,1-2H3/t10-,11?,18?/m0/s1. The van der Waals surface area contributed by atoms with Gasteiger partial charge < -0.3 is 14.2 Å². The van der Waals surface area contributed by atoms with Crippen LogP contribution in [0.15, 0.2) is 33.9 Å². The fraction of sp³-hybridized carbons (Fsp3) is 0.500. The predicted molar refractivity (Wildman–Crippen MR) is 103 cm³/mol. The van der Waals surface area contributed by atoms with Gasteiger partial charge in [-0.2, -0.15) is 26.3 Å². The second-order valence-corrected chi connectivity index (χ2v) is 10.6. The van der Waals surface area contributed by atoms with E-state index < -0.39 is 56.5 Å². The fourth-order valence-electron chi connectivity index (χ4n) is 4.24. The largest absolute Gasteiger partial charge is 0.480 e. The Morgan fingerprint density at radius 1 is 1.26 bits per heavy atom. The van der Waals surface area contributed by atoms with Gasteiger partial charge in [-0.05, 0) is 37.5 Å². The van der Waals surface area contributed by atoms with E-state index >= 15 is 0 Å². The Morgan fingerprint density at radius 2 is 1.94 bits per heavy atom. The number of sulfone groups is 1. The summed E-state index contributed by atoms with van der Waals surface area (Å²) in [7, 11) is -3.82. The van der Waals surface area contributed by atoms with Crippen molar-refractivity contribution < 1.29 is 48.8 Å². The van der Waals surface area contributed by atoms with Crippen LogP contribution in [0.5, 0.6) is 5.75 Å². The molecule has 2 fully saturated rings. The zero-order chi connectivity index (χ0) is 25.3. The molecule has 1 aromatic heterocycles. The molecule has 14 heteroatoms. The van der Waals surface area contributed by atoms with Gasteiger partial charge in [0.1, 0.15) is 23.3 Å². The molecule has 7 nitrogen and oxygen atoms in total. The minimum Gasteiger partial charge on any atom is -0.480 e. The maximum absolute atomic E-state index is 13.3. The Labute approximate surface area is 189 Å². The Hall–Kier alpha value is -2.77. The van der Waals surface area contributed by atoms with Crippen molar-refractivity contribution in [2.45, 2.75) is 42.1 Å². The number of fused-ring (bicyclic) bond motifs is 1. The number of ether oxygens (including phenoxy) is 1. The number of hydrogen-bond acceptors (Lipinski definition) is 6. The number of carbonyl (C=O) groups excluding carboxylic acids is 1. The molecular weight excluding hydrogens is 494 g/mol. The summed E-state index contributed by atoms with van der Waals surface area (Å²) in [5.41, 5.74) is -2.91. The molecule has 34 heavy (non-hydrogen) atoms. The van der Waals surface area contributed by atoms with Crippen LogP contribution < -0.4 is 4.74 Å². The summed E-state index contributed by atoms with van der Waals surface area (Å²) < 4.78 is 112. The number of halogens is 6. The molecule has 2 unspecified atom stereocenters. The highest BCUT2D eigenvalue weighted by Crippen LogP contribution is 2.60. The van der Waals surface area contributed by atoms with Crippen LogP contribution in [0.1, 0.15) is 35.0 Å². The predicted octanol–water partition coefficient (Wildman–Crippen LogP) is 3.84. The topological polar surface area (TPSA) is 89.7 Å². The first-order valence-electron chi connectivity index (χ1n) is 9.93. The number of hydrogen-bond donors (Lipinski definition) is 0. The number of alkyl halides is 6. The second-order valence-electron chi connectivity index (χ2n) is 8.55. The van der Waals surface area contributed by atoms with Crippen molar-refractivity contribution in [2.75, 3.05) is 19.3 Å². The molecule has 1 aliphatic carbocycles. The van der Waals surface area contributed by atoms with E-state index in [-0.39, 0.29) is 29.6 Å². The van der Waals surface area contributed by atoms with Gasteiger partial charge in [-0.15, -0.1) is 0 Å². The van der Waals surface area contributed by atoms with Gasteiger partial charge in [-0.1, -0.05) is 5.16 Å². The summed E-state index contributed by atoms with van der Waals surface area (Å²) >= 11 is 0. The highest BCUT2D eigenvalue weighted by molar-refractivity contribution is 7.90. The van der Waals surface area contributed by atoms with E-state index in [0.29, 0.717) is 12.7 Å². The van der Waals surface area contributed by atoms with Crippen molar-refractivity contribution in [1.82, 2.24) is 10.1 Å². The van der Waals surface area contributed by atoms with E-state index in [9.17, 15) is 39.6 Å². The molecule has 2 heterocycles. The molecule has 1 aliphatic heterocycles. The molecule has 0 radical (unpaired) electrons. The highest BCUT2D eigenvalue weighted by atomic mass is 32.2. The smallest absolute Gasteiger partial charge is 0.425 e. The first-order valence-corrected chi connectivity index (χ1v) is 11.8. The van der Waals surface area contributed by atoms with Crippen molar-refractivity contribution in [3.63, 3.8) is 0 Å². The number of rotatable bonds is 5. The van der Waals surface area contributed by atoms with Crippen molar-refractivity contribution in [3.8, 4) is 5.75 Å². The number of piperidine rings is 1. The Kier molecular flexibility index (Phi) is 5.46. The van der Waals surface area contributed by atoms with Gasteiger partial charge >= 0.3 is 12.4 Å². The number of nitrogens with zero attached hydrogens (tertiary/aromatic N) is 2. The zero-order valence-corrected chi connectivity index (χ0v) is 18.5. The molecule has 4 rings (SSSR count). The Morgan fingerprint density at radius 3 is 2.53 bits per heavy atom. The summed E-state index contributed by atoms with van der Waals surface area (Å²) in [6, 6.07) is 2.88. The molecule has 2 aliphatic rings. The molecule has 0 bridgehead atoms. The summed E-state index contributed by atoms with van der Waals surface area (Å²) in [5.74, 6) is -1.72. The molecule has 0 spiro atoms. The molecule has 1 saturated heterocycles. The number of aromatic nitrogens is 1. The van der Waals surface area contributed by atoms with Crippen molar-refractivity contribution in [2.24, 2.45) is 5.92 Å². The summed E-state index contributed by atoms with van der Waals surface area (Å²) in [4.78, 5) is 14.1. The first kappa shape index (κ1) is 24.4. The van der Waals surface area contributed by atoms with Crippen LogP contribution in [0.3, 0.4) is 0 Å². The third kappa shape index (κ3) is 4.23. The van der Waals surface area contributed by atoms with Gasteiger partial charge in [0.05, 0.1) is 10.5 Å². The third-order valence-electron chi connectivity index (χ3n) is 6.15. The van der Waals surface area contributed by atoms with E-state index in [0.717, 1.165) is 36.3 Å². The van der Waals surface area contributed by atoms with Crippen LogP contribution in [-0.2, 0) is 21.4 Å². The van der Waals surface area contributed by atoms with Gasteiger partial charge in [-0.3, -0.25) is 4.79 Å². The minimum absolute atomic E-state index is 0.0142. The van der Waals surface area contributed by atoms with Crippen LogP contribution >= 0.6 is 0 Å². The third-order valence-corrected chi connectivity index (χ3v) is 7.26. The molecule has 3 atom stereocenters. The monoisotopic (exact) mass is 512 g/mol. The maximum Gasteiger partial charge on any atom is 0.425 e. The van der Waals surface area contributed by atoms with Crippen LogP contribution in [0.25, 0.3) is 0 Å². The van der Waals surface area contributed by atoms with Gasteiger partial charge in [-0.25, -0.2) is 8.42 Å². The number of carbonyl (C=O) groups is 1. The van der Waals surface area contributed by atoms with Gasteiger partial charge in [0, 0.05) is 24.8 Å². The lowest BCUT2D eigenvalue weighted by Crippen LogP contribution is -2.35. The number of amides is 1. The van der Waals surface area contributed by atoms with Crippen LogP contribution in [0.2, 0.25) is 0 Å². The lowest BCUT2D eigenvalue weighted by Gasteiger charge is -2.24. The SMILES string of the molecule is C[C@H](Oc1ccc(S(C)(=O)=O)cc1C(=O)N1CC2CC2(c2nocc2C(F)(F)F)C1)C(F)(F)F. The fourth-order valence-corrected chi connectivity index (χ4v) is 4.89. The van der Waals surface area contributed by atoms with E-state index in [2.05, 4.69) is 9.68 Å². The first-order chi connectivity index (χ1) is 15.5. The molecule has 1 aromatic carbocycles. The second kappa shape index (κ2) is 7.62. The van der Waals surface area contributed by atoms with Crippen molar-refractivity contribution >= 4 is 15.7 Å². The number of likely N-dealkylation sites (tertiary alicyclic amines) is 1. The Bertz CT molecular complexity index is 1240. The van der Waals surface area contributed by atoms with Crippen LogP contribution in [-0.4, -0.2) is 56.0 Å². The average molecular weight is 512 g/mol. The quantitative estimate of drug-likeness (QED) is 0.566. The molecule has 2 aromatic rings. The Balaban J connectivity index is 1.66. The van der Waals surface area contributed by atoms with Crippen LogP contribution in [0, 0.1) is 5.92 Å². The highest BCUT2D eigenvalue weighted by Gasteiger charge is 2.65. The summed E-state index contributed by atoms with van der Waals surface area (Å²) in [6.45, 7) is 0.547. The molecular formula is C20H18F6N2O5S. The molecule has 186 valence electrons. The molecule has 0 N–H and O–H groups in total. The van der Waals surface area contributed by atoms with Crippen molar-refractivity contribution in [3.05, 3.63) is 41.3 Å². The van der Waals surface area contributed by atoms with Gasteiger partial charge in [0.15, 0.2) is 15.9 Å². The van der Waals surface area contributed by atoms with E-state index in [1.165, 1.54) is 0 Å². The lowest BCUT2D eigenvalue weighted by molar-refractivity contribution is -0.189. The maximum atomic E-state index is 13.3. The molecule has 1 amide bonds. The normalized spacial score (nSPS) is 23.5. The zero-order valence-electron chi connectivity index (χ0n) is 17.7. The average Bonchev–Trinajstić information content (AvgIpc) is 3.07. The summed E-state index contributed by atoms with van der Waals surface area (Å²) in [6.07, 6.45) is -10.1. The lowest BCUT2D eigenvalue weighted by atomic mass is 9.97. The van der Waals surface area contributed by atoms with E-state index in [4.69, 9.17) is 4.74 Å². The van der Waals surface area contributed by atoms with Gasteiger partial charge in [0.25, 0.3) is 5.91 Å². The van der Waals surface area contributed by atoms with Crippen LogP contribution in [0.4, 0.5) is 26.3 Å². The van der Waals surface area contributed by atoms with E-state index in [1.54, 1.807) is 0 Å². The van der Waals surface area contributed by atoms with Crippen molar-refractivity contribution in [1.29, 1.82) is 0 Å². The van der Waals surface area contributed by atoms with E-state index in [1.807, 2.05) is 0 Å². The summed E-state index contributed by atoms with van der Waals surface area (Å²) in [5, 5.41) is 3.51. The number of benzene rings is 1. The molecule has 1 saturated carbocycles. The van der Waals surface area contributed by atoms with Gasteiger partial charge in [0.2, 0.25) is 0 Å². The minimum atomic E-state index is -4.75.